The summed E-state index contributed by atoms with van der Waals surface area (Å²) in [5.41, 5.74) is 6.26. The molecule has 0 spiro atoms. The molecule has 0 atom stereocenters. The van der Waals surface area contributed by atoms with Crippen molar-refractivity contribution in [1.29, 1.82) is 0 Å². The van der Waals surface area contributed by atoms with E-state index in [1.54, 1.807) is 18.5 Å². The van der Waals surface area contributed by atoms with E-state index < -0.39 is 0 Å². The summed E-state index contributed by atoms with van der Waals surface area (Å²) in [5.74, 6) is 1.60. The Hall–Kier alpha value is -2.37. The zero-order valence-electron chi connectivity index (χ0n) is 9.42. The fraction of sp³-hybridized carbons (Fsp3) is 0.182. The number of aromatic nitrogens is 3. The molecule has 6 heteroatoms. The Kier molecular flexibility index (Phi) is 3.34. The van der Waals surface area contributed by atoms with E-state index >= 15 is 0 Å². The molecule has 0 amide bonds. The van der Waals surface area contributed by atoms with Gasteiger partial charge in [0.25, 0.3) is 0 Å². The van der Waals surface area contributed by atoms with Crippen molar-refractivity contribution < 1.29 is 4.74 Å². The zero-order valence-corrected chi connectivity index (χ0v) is 9.42. The van der Waals surface area contributed by atoms with Gasteiger partial charge < -0.3 is 15.8 Å². The number of nitrogens with two attached hydrogens (primary N) is 1. The maximum Gasteiger partial charge on any atom is 0.213 e. The number of nitrogen functional groups attached to an aromatic ring is 1. The summed E-state index contributed by atoms with van der Waals surface area (Å²) in [5, 5.41) is 3.05. The van der Waals surface area contributed by atoms with Crippen molar-refractivity contribution in [3.05, 3.63) is 30.7 Å². The van der Waals surface area contributed by atoms with Gasteiger partial charge in [-0.25, -0.2) is 15.0 Å². The Balaban J connectivity index is 2.05. The van der Waals surface area contributed by atoms with Crippen molar-refractivity contribution in [2.45, 2.75) is 6.92 Å². The first-order valence-electron chi connectivity index (χ1n) is 5.21. The number of rotatable bonds is 4. The molecule has 0 aliphatic heterocycles. The highest BCUT2D eigenvalue weighted by atomic mass is 16.5. The smallest absolute Gasteiger partial charge is 0.213 e. The molecule has 0 saturated heterocycles. The molecule has 0 aliphatic rings. The van der Waals surface area contributed by atoms with E-state index in [0.29, 0.717) is 24.1 Å². The molecule has 0 bridgehead atoms. The third-order valence-electron chi connectivity index (χ3n) is 1.97. The molecule has 88 valence electrons. The summed E-state index contributed by atoms with van der Waals surface area (Å²) in [6.07, 6.45) is 4.72. The first kappa shape index (κ1) is 11.1. The predicted molar refractivity (Wildman–Crippen MR) is 65.1 cm³/mol. The van der Waals surface area contributed by atoms with Gasteiger partial charge >= 0.3 is 0 Å². The molecule has 17 heavy (non-hydrogen) atoms. The first-order chi connectivity index (χ1) is 8.28. The second-order valence-corrected chi connectivity index (χ2v) is 3.27. The average Bonchev–Trinajstić information content (AvgIpc) is 2.35. The van der Waals surface area contributed by atoms with E-state index in [-0.39, 0.29) is 0 Å². The van der Waals surface area contributed by atoms with Crippen LogP contribution >= 0.6 is 0 Å². The van der Waals surface area contributed by atoms with Gasteiger partial charge in [-0.3, -0.25) is 0 Å². The fourth-order valence-electron chi connectivity index (χ4n) is 1.24. The number of hydrogen-bond donors (Lipinski definition) is 2. The van der Waals surface area contributed by atoms with Gasteiger partial charge in [-0.05, 0) is 13.0 Å². The Bertz CT molecular complexity index is 468. The third-order valence-corrected chi connectivity index (χ3v) is 1.97. The SMILES string of the molecule is CCOc1ccc(Nc2cnc(N)cn2)cn1. The van der Waals surface area contributed by atoms with Crippen molar-refractivity contribution in [3.63, 3.8) is 0 Å². The number of anilines is 3. The lowest BCUT2D eigenvalue weighted by Gasteiger charge is -2.06. The average molecular weight is 231 g/mol. The quantitative estimate of drug-likeness (QED) is 0.831. The summed E-state index contributed by atoms with van der Waals surface area (Å²) in [6.45, 7) is 2.51. The van der Waals surface area contributed by atoms with Crippen molar-refractivity contribution in [3.8, 4) is 5.88 Å². The lowest BCUT2D eigenvalue weighted by molar-refractivity contribution is 0.327. The van der Waals surface area contributed by atoms with Crippen LogP contribution in [0.1, 0.15) is 6.92 Å². The summed E-state index contributed by atoms with van der Waals surface area (Å²) in [4.78, 5) is 12.1. The van der Waals surface area contributed by atoms with E-state index in [2.05, 4.69) is 20.3 Å². The van der Waals surface area contributed by atoms with Gasteiger partial charge in [-0.1, -0.05) is 0 Å². The van der Waals surface area contributed by atoms with Crippen LogP contribution in [0.25, 0.3) is 0 Å². The van der Waals surface area contributed by atoms with Gasteiger partial charge in [-0.2, -0.15) is 0 Å². The topological polar surface area (TPSA) is 86.0 Å². The maximum atomic E-state index is 5.44. The largest absolute Gasteiger partial charge is 0.478 e. The summed E-state index contributed by atoms with van der Waals surface area (Å²) in [7, 11) is 0. The van der Waals surface area contributed by atoms with Crippen molar-refractivity contribution in [2.24, 2.45) is 0 Å². The molecule has 0 aliphatic carbocycles. The molecule has 0 saturated carbocycles. The van der Waals surface area contributed by atoms with Crippen LogP contribution in [0.15, 0.2) is 30.7 Å². The van der Waals surface area contributed by atoms with Crippen LogP contribution in [0.2, 0.25) is 0 Å². The van der Waals surface area contributed by atoms with Crippen LogP contribution in [0.5, 0.6) is 5.88 Å². The Morgan fingerprint density at radius 1 is 1.18 bits per heavy atom. The van der Waals surface area contributed by atoms with E-state index in [0.717, 1.165) is 5.69 Å². The first-order valence-corrected chi connectivity index (χ1v) is 5.21. The van der Waals surface area contributed by atoms with Gasteiger partial charge in [0, 0.05) is 6.07 Å². The molecule has 3 N–H and O–H groups in total. The molecule has 2 aromatic rings. The minimum atomic E-state index is 0.389. The van der Waals surface area contributed by atoms with Gasteiger partial charge in [0.05, 0.1) is 30.9 Å². The van der Waals surface area contributed by atoms with Gasteiger partial charge in [0.1, 0.15) is 11.6 Å². The normalized spacial score (nSPS) is 9.94. The number of nitrogens with one attached hydrogen (secondary N) is 1. The molecular formula is C11H13N5O. The van der Waals surface area contributed by atoms with E-state index in [1.807, 2.05) is 13.0 Å². The lowest BCUT2D eigenvalue weighted by Crippen LogP contribution is -1.98. The molecule has 2 heterocycles. The van der Waals surface area contributed by atoms with Crippen molar-refractivity contribution >= 4 is 17.3 Å². The van der Waals surface area contributed by atoms with Crippen LogP contribution in [0.4, 0.5) is 17.3 Å². The van der Waals surface area contributed by atoms with Gasteiger partial charge in [-0.15, -0.1) is 0 Å². The zero-order chi connectivity index (χ0) is 12.1. The summed E-state index contributed by atoms with van der Waals surface area (Å²) >= 11 is 0. The molecular weight excluding hydrogens is 218 g/mol. The maximum absolute atomic E-state index is 5.44. The third kappa shape index (κ3) is 3.04. The Labute approximate surface area is 98.9 Å². The van der Waals surface area contributed by atoms with Gasteiger partial charge in [0.2, 0.25) is 5.88 Å². The Morgan fingerprint density at radius 3 is 2.65 bits per heavy atom. The monoisotopic (exact) mass is 231 g/mol. The van der Waals surface area contributed by atoms with Crippen LogP contribution in [-0.4, -0.2) is 21.6 Å². The van der Waals surface area contributed by atoms with Crippen molar-refractivity contribution in [1.82, 2.24) is 15.0 Å². The molecule has 0 radical (unpaired) electrons. The number of ether oxygens (including phenoxy) is 1. The van der Waals surface area contributed by atoms with E-state index in [4.69, 9.17) is 10.5 Å². The molecule has 2 rings (SSSR count). The second-order valence-electron chi connectivity index (χ2n) is 3.27. The van der Waals surface area contributed by atoms with Gasteiger partial charge in [0.15, 0.2) is 0 Å². The van der Waals surface area contributed by atoms with E-state index in [1.165, 1.54) is 6.20 Å². The van der Waals surface area contributed by atoms with Crippen LogP contribution < -0.4 is 15.8 Å². The highest BCUT2D eigenvalue weighted by Gasteiger charge is 1.98. The summed E-state index contributed by atoms with van der Waals surface area (Å²) < 4.78 is 5.24. The number of hydrogen-bond acceptors (Lipinski definition) is 6. The minimum absolute atomic E-state index is 0.389. The summed E-state index contributed by atoms with van der Waals surface area (Å²) in [6, 6.07) is 3.65. The molecule has 6 nitrogen and oxygen atoms in total. The van der Waals surface area contributed by atoms with Crippen LogP contribution in [0.3, 0.4) is 0 Å². The molecule has 0 unspecified atom stereocenters. The van der Waals surface area contributed by atoms with Crippen molar-refractivity contribution in [2.75, 3.05) is 17.7 Å². The molecule has 2 aromatic heterocycles. The number of nitrogens with zero attached hydrogens (tertiary/aromatic N) is 3. The fourth-order valence-corrected chi connectivity index (χ4v) is 1.24. The van der Waals surface area contributed by atoms with Crippen LogP contribution in [0, 0.1) is 0 Å². The second kappa shape index (κ2) is 5.11. The highest BCUT2D eigenvalue weighted by molar-refractivity contribution is 5.54. The minimum Gasteiger partial charge on any atom is -0.478 e. The number of pyridine rings is 1. The standard InChI is InChI=1S/C11H13N5O/c1-2-17-11-4-3-8(5-15-11)16-10-7-13-9(12)6-14-10/h3-7H,2H2,1H3,(H2,12,13)(H,14,16). The highest BCUT2D eigenvalue weighted by Crippen LogP contribution is 2.15. The lowest BCUT2D eigenvalue weighted by atomic mass is 10.4. The molecule has 0 fully saturated rings. The molecule has 0 aromatic carbocycles. The predicted octanol–water partition coefficient (Wildman–Crippen LogP) is 1.60. The Morgan fingerprint density at radius 2 is 2.06 bits per heavy atom. The van der Waals surface area contributed by atoms with E-state index in [9.17, 15) is 0 Å². The van der Waals surface area contributed by atoms with Crippen LogP contribution in [-0.2, 0) is 0 Å².